The number of nitrogens with one attached hydrogen (secondary N) is 1. The number of nitrogens with two attached hydrogens (primary N) is 1. The van der Waals surface area contributed by atoms with Gasteiger partial charge in [-0.2, -0.15) is 0 Å². The molecule has 1 saturated heterocycles. The second-order valence-corrected chi connectivity index (χ2v) is 4.42. The minimum atomic E-state index is -1.16. The summed E-state index contributed by atoms with van der Waals surface area (Å²) in [4.78, 5) is 22.9. The highest BCUT2D eigenvalue weighted by atomic mass is 16.5. The summed E-state index contributed by atoms with van der Waals surface area (Å²) < 4.78 is 5.55. The normalized spacial score (nSPS) is 19.4. The van der Waals surface area contributed by atoms with Crippen LogP contribution in [0.4, 0.5) is 5.69 Å². The maximum atomic E-state index is 11.8. The maximum Gasteiger partial charge on any atom is 0.341 e. The lowest BCUT2D eigenvalue weighted by Crippen LogP contribution is -2.36. The molecule has 19 heavy (non-hydrogen) atoms. The van der Waals surface area contributed by atoms with E-state index in [-0.39, 0.29) is 22.9 Å². The summed E-state index contributed by atoms with van der Waals surface area (Å²) in [6, 6.07) is 4.60. The van der Waals surface area contributed by atoms with Gasteiger partial charge in [0.15, 0.2) is 6.10 Å². The predicted molar refractivity (Wildman–Crippen MR) is 69.1 cm³/mol. The smallest absolute Gasteiger partial charge is 0.341 e. The quantitative estimate of drug-likeness (QED) is 0.707. The van der Waals surface area contributed by atoms with Crippen LogP contribution >= 0.6 is 0 Å². The molecule has 0 aliphatic carbocycles. The van der Waals surface area contributed by atoms with Crippen LogP contribution in [0, 0.1) is 0 Å². The number of ether oxygens (including phenoxy) is 1. The van der Waals surface area contributed by atoms with Gasteiger partial charge < -0.3 is 20.9 Å². The van der Waals surface area contributed by atoms with Gasteiger partial charge in [-0.1, -0.05) is 6.07 Å². The fourth-order valence-electron chi connectivity index (χ4n) is 2.05. The monoisotopic (exact) mass is 264 g/mol. The van der Waals surface area contributed by atoms with E-state index in [1.807, 2.05) is 0 Å². The molecule has 1 amide bonds. The van der Waals surface area contributed by atoms with Crippen molar-refractivity contribution in [1.82, 2.24) is 5.32 Å². The van der Waals surface area contributed by atoms with E-state index in [0.717, 1.165) is 12.8 Å². The van der Waals surface area contributed by atoms with Gasteiger partial charge in [0, 0.05) is 12.2 Å². The number of carbonyl (C=O) groups is 2. The molecule has 1 aromatic rings. The summed E-state index contributed by atoms with van der Waals surface area (Å²) in [6.45, 7) is 0.626. The highest BCUT2D eigenvalue weighted by molar-refractivity contribution is 5.97. The Morgan fingerprint density at radius 2 is 2.21 bits per heavy atom. The van der Waals surface area contributed by atoms with Crippen molar-refractivity contribution < 1.29 is 19.4 Å². The van der Waals surface area contributed by atoms with E-state index in [1.165, 1.54) is 12.1 Å². The van der Waals surface area contributed by atoms with E-state index in [2.05, 4.69) is 5.32 Å². The number of amides is 1. The van der Waals surface area contributed by atoms with E-state index in [4.69, 9.17) is 15.6 Å². The number of benzene rings is 1. The zero-order valence-corrected chi connectivity index (χ0v) is 10.4. The van der Waals surface area contributed by atoms with Crippen LogP contribution in [0.15, 0.2) is 18.2 Å². The molecule has 4 N–H and O–H groups in total. The van der Waals surface area contributed by atoms with Crippen molar-refractivity contribution >= 4 is 17.6 Å². The first kappa shape index (κ1) is 13.2. The minimum Gasteiger partial charge on any atom is -0.480 e. The van der Waals surface area contributed by atoms with Gasteiger partial charge in [-0.3, -0.25) is 4.79 Å². The van der Waals surface area contributed by atoms with Gasteiger partial charge in [0.2, 0.25) is 0 Å². The molecule has 0 spiro atoms. The number of hydrogen-bond acceptors (Lipinski definition) is 4. The fraction of sp³-hybridized carbons (Fsp3) is 0.385. The Balaban J connectivity index is 2.25. The van der Waals surface area contributed by atoms with E-state index < -0.39 is 12.1 Å². The Morgan fingerprint density at radius 3 is 2.95 bits per heavy atom. The number of nitrogen functional groups attached to an aromatic ring is 1. The second-order valence-electron chi connectivity index (χ2n) is 4.42. The Labute approximate surface area is 110 Å². The second kappa shape index (κ2) is 5.60. The first-order valence-electron chi connectivity index (χ1n) is 6.15. The van der Waals surface area contributed by atoms with Gasteiger partial charge in [-0.15, -0.1) is 0 Å². The predicted octanol–water partition coefficient (Wildman–Crippen LogP) is 1.01. The number of rotatable bonds is 3. The highest BCUT2D eigenvalue weighted by Crippen LogP contribution is 2.26. The van der Waals surface area contributed by atoms with Crippen LogP contribution in [0.25, 0.3) is 0 Å². The molecule has 102 valence electrons. The Bertz CT molecular complexity index is 501. The number of carboxylic acids is 1. The van der Waals surface area contributed by atoms with E-state index in [9.17, 15) is 9.59 Å². The highest BCUT2D eigenvalue weighted by Gasteiger charge is 2.25. The zero-order chi connectivity index (χ0) is 13.8. The van der Waals surface area contributed by atoms with Crippen LogP contribution < -0.4 is 15.8 Å². The number of anilines is 1. The van der Waals surface area contributed by atoms with Crippen LogP contribution in [0.3, 0.4) is 0 Å². The van der Waals surface area contributed by atoms with Gasteiger partial charge in [-0.05, 0) is 31.4 Å². The van der Waals surface area contributed by atoms with Crippen molar-refractivity contribution in [3.63, 3.8) is 0 Å². The third-order valence-electron chi connectivity index (χ3n) is 3.03. The van der Waals surface area contributed by atoms with Crippen LogP contribution in [-0.4, -0.2) is 29.6 Å². The lowest BCUT2D eigenvalue weighted by atomic mass is 10.1. The summed E-state index contributed by atoms with van der Waals surface area (Å²) in [7, 11) is 0. The molecule has 1 aliphatic rings. The van der Waals surface area contributed by atoms with Gasteiger partial charge in [0.25, 0.3) is 5.91 Å². The molecule has 0 aromatic heterocycles. The van der Waals surface area contributed by atoms with Crippen molar-refractivity contribution in [3.8, 4) is 5.75 Å². The average Bonchev–Trinajstić information content (AvgIpc) is 2.54. The molecule has 1 heterocycles. The summed E-state index contributed by atoms with van der Waals surface area (Å²) in [5, 5.41) is 11.9. The van der Waals surface area contributed by atoms with Gasteiger partial charge in [-0.25, -0.2) is 4.79 Å². The molecule has 1 unspecified atom stereocenters. The Morgan fingerprint density at radius 1 is 1.42 bits per heavy atom. The van der Waals surface area contributed by atoms with Gasteiger partial charge >= 0.3 is 5.97 Å². The third-order valence-corrected chi connectivity index (χ3v) is 3.03. The number of aromatic carboxylic acids is 1. The summed E-state index contributed by atoms with van der Waals surface area (Å²) in [5.74, 6) is -1.24. The molecule has 0 radical (unpaired) electrons. The first-order chi connectivity index (χ1) is 9.09. The molecule has 1 aromatic carbocycles. The van der Waals surface area contributed by atoms with Crippen molar-refractivity contribution in [3.05, 3.63) is 23.8 Å². The summed E-state index contributed by atoms with van der Waals surface area (Å²) >= 11 is 0. The molecule has 2 rings (SSSR count). The van der Waals surface area contributed by atoms with Crippen molar-refractivity contribution in [2.45, 2.75) is 25.4 Å². The average molecular weight is 264 g/mol. The zero-order valence-electron chi connectivity index (χ0n) is 10.4. The number of carboxylic acid groups (broad SMARTS) is 1. The van der Waals surface area contributed by atoms with Crippen molar-refractivity contribution in [2.24, 2.45) is 0 Å². The summed E-state index contributed by atoms with van der Waals surface area (Å²) in [5.41, 5.74) is 5.66. The lowest BCUT2D eigenvalue weighted by molar-refractivity contribution is -0.127. The largest absolute Gasteiger partial charge is 0.480 e. The molecule has 1 fully saturated rings. The molecule has 6 nitrogen and oxygen atoms in total. The van der Waals surface area contributed by atoms with Crippen molar-refractivity contribution in [2.75, 3.05) is 12.3 Å². The molecule has 1 aliphatic heterocycles. The SMILES string of the molecule is Nc1cccc(OC2CCCCNC2=O)c1C(=O)O. The van der Waals surface area contributed by atoms with Crippen LogP contribution in [0.2, 0.25) is 0 Å². The lowest BCUT2D eigenvalue weighted by Gasteiger charge is -2.17. The Hall–Kier alpha value is -2.24. The van der Waals surface area contributed by atoms with Gasteiger partial charge in [0.1, 0.15) is 11.3 Å². The fourth-order valence-corrected chi connectivity index (χ4v) is 2.05. The molecule has 0 bridgehead atoms. The summed E-state index contributed by atoms with van der Waals surface area (Å²) in [6.07, 6.45) is 1.66. The van der Waals surface area contributed by atoms with Crippen molar-refractivity contribution in [1.29, 1.82) is 0 Å². The van der Waals surface area contributed by atoms with Gasteiger partial charge in [0.05, 0.1) is 0 Å². The van der Waals surface area contributed by atoms with Crippen LogP contribution in [0.5, 0.6) is 5.75 Å². The van der Waals surface area contributed by atoms with E-state index in [1.54, 1.807) is 6.07 Å². The molecule has 6 heteroatoms. The molecular weight excluding hydrogens is 248 g/mol. The number of hydrogen-bond donors (Lipinski definition) is 3. The third kappa shape index (κ3) is 2.96. The van der Waals surface area contributed by atoms with E-state index >= 15 is 0 Å². The molecule has 0 saturated carbocycles. The minimum absolute atomic E-state index is 0.0976. The Kier molecular flexibility index (Phi) is 3.89. The topological polar surface area (TPSA) is 102 Å². The van der Waals surface area contributed by atoms with E-state index in [0.29, 0.717) is 13.0 Å². The van der Waals surface area contributed by atoms with Crippen LogP contribution in [0.1, 0.15) is 29.6 Å². The molecular formula is C13H16N2O4. The number of carbonyl (C=O) groups excluding carboxylic acids is 1. The van der Waals surface area contributed by atoms with Crippen LogP contribution in [-0.2, 0) is 4.79 Å². The molecule has 1 atom stereocenters. The first-order valence-corrected chi connectivity index (χ1v) is 6.15. The standard InChI is InChI=1S/C13H16N2O4/c14-8-4-3-6-9(11(8)13(17)18)19-10-5-1-2-7-15-12(10)16/h3-4,6,10H,1-2,5,7,14H2,(H,15,16)(H,17,18). The maximum absolute atomic E-state index is 11.8.